The molecule has 278 valence electrons. The van der Waals surface area contributed by atoms with E-state index in [2.05, 4.69) is 20.5 Å². The SMILES string of the molecule is CC[C@@H]1C(=O)N(C)c2cnc(Nc3ccc(C(=O)Nc4ccc(CC(CO)C[C@H](N)C(=O)OC5CCCC5)cc4)cc3OC)nc2N1C1CCCC1. The summed E-state index contributed by atoms with van der Waals surface area (Å²) in [6.07, 6.45) is 11.4. The Hall–Kier alpha value is -4.75. The number of rotatable bonds is 14. The molecule has 2 heterocycles. The van der Waals surface area contributed by atoms with E-state index in [-0.39, 0.29) is 42.5 Å². The molecule has 1 aromatic heterocycles. The van der Waals surface area contributed by atoms with Gasteiger partial charge >= 0.3 is 5.97 Å². The number of benzene rings is 2. The van der Waals surface area contributed by atoms with Gasteiger partial charge in [0.2, 0.25) is 11.9 Å². The maximum absolute atomic E-state index is 13.3. The summed E-state index contributed by atoms with van der Waals surface area (Å²) in [6, 6.07) is 11.7. The van der Waals surface area contributed by atoms with Crippen molar-refractivity contribution in [3.63, 3.8) is 0 Å². The van der Waals surface area contributed by atoms with E-state index < -0.39 is 12.0 Å². The average molecular weight is 714 g/mol. The van der Waals surface area contributed by atoms with E-state index in [9.17, 15) is 19.5 Å². The van der Waals surface area contributed by atoms with Gasteiger partial charge in [-0.05, 0) is 99.6 Å². The number of anilines is 5. The van der Waals surface area contributed by atoms with Crippen LogP contribution in [0.3, 0.4) is 0 Å². The van der Waals surface area contributed by atoms with Gasteiger partial charge in [0.25, 0.3) is 5.91 Å². The molecule has 6 rings (SSSR count). The Morgan fingerprint density at radius 1 is 1.06 bits per heavy atom. The second kappa shape index (κ2) is 16.7. The molecule has 2 aromatic carbocycles. The smallest absolute Gasteiger partial charge is 0.323 e. The van der Waals surface area contributed by atoms with E-state index in [1.807, 2.05) is 19.1 Å². The highest BCUT2D eigenvalue weighted by molar-refractivity contribution is 6.05. The zero-order valence-electron chi connectivity index (χ0n) is 30.3. The number of carbonyl (C=O) groups excluding carboxylic acids is 3. The molecular weight excluding hydrogens is 662 g/mol. The minimum absolute atomic E-state index is 0.0437. The Bertz CT molecular complexity index is 1720. The van der Waals surface area contributed by atoms with Crippen molar-refractivity contribution >= 4 is 46.6 Å². The Balaban J connectivity index is 1.08. The topological polar surface area (TPSA) is 172 Å². The lowest BCUT2D eigenvalue weighted by Gasteiger charge is -2.43. The summed E-state index contributed by atoms with van der Waals surface area (Å²) in [4.78, 5) is 52.2. The fraction of sp³-hybridized carbons (Fsp3) is 0.513. The summed E-state index contributed by atoms with van der Waals surface area (Å²) in [5, 5.41) is 16.2. The highest BCUT2D eigenvalue weighted by Gasteiger charge is 2.41. The first-order valence-corrected chi connectivity index (χ1v) is 18.5. The Labute approximate surface area is 305 Å². The van der Waals surface area contributed by atoms with Gasteiger partial charge < -0.3 is 40.7 Å². The number of hydrogen-bond acceptors (Lipinski definition) is 11. The van der Waals surface area contributed by atoms with Crippen molar-refractivity contribution in [2.45, 2.75) is 102 Å². The molecule has 52 heavy (non-hydrogen) atoms. The summed E-state index contributed by atoms with van der Waals surface area (Å²) in [6.45, 7) is 1.93. The molecule has 2 amide bonds. The highest BCUT2D eigenvalue weighted by atomic mass is 16.5. The van der Waals surface area contributed by atoms with Crippen LogP contribution in [-0.2, 0) is 20.7 Å². The number of amides is 2. The number of nitrogens with one attached hydrogen (secondary N) is 2. The van der Waals surface area contributed by atoms with Gasteiger partial charge in [-0.2, -0.15) is 4.98 Å². The number of esters is 1. The van der Waals surface area contributed by atoms with Crippen LogP contribution in [0.5, 0.6) is 5.75 Å². The van der Waals surface area contributed by atoms with Crippen LogP contribution in [0.4, 0.5) is 28.8 Å². The van der Waals surface area contributed by atoms with Crippen LogP contribution in [0, 0.1) is 5.92 Å². The molecule has 3 aromatic rings. The lowest BCUT2D eigenvalue weighted by atomic mass is 9.93. The lowest BCUT2D eigenvalue weighted by molar-refractivity contribution is -0.150. The van der Waals surface area contributed by atoms with Crippen LogP contribution in [0.1, 0.15) is 87.1 Å². The quantitative estimate of drug-likeness (QED) is 0.159. The van der Waals surface area contributed by atoms with Crippen LogP contribution in [-0.4, -0.2) is 77.9 Å². The number of methoxy groups -OCH3 is 1. The van der Waals surface area contributed by atoms with E-state index >= 15 is 0 Å². The summed E-state index contributed by atoms with van der Waals surface area (Å²) < 4.78 is 11.2. The van der Waals surface area contributed by atoms with E-state index in [1.165, 1.54) is 7.11 Å². The predicted octanol–water partition coefficient (Wildman–Crippen LogP) is 5.34. The number of likely N-dealkylation sites (N-methyl/N-ethyl adjacent to an activating group) is 1. The second-order valence-corrected chi connectivity index (χ2v) is 14.2. The van der Waals surface area contributed by atoms with Crippen LogP contribution >= 0.6 is 0 Å². The Morgan fingerprint density at radius 2 is 1.77 bits per heavy atom. The number of aliphatic hydroxyl groups excluding tert-OH is 1. The molecular formula is C39H51N7O6. The molecule has 13 heteroatoms. The molecule has 13 nitrogen and oxygen atoms in total. The lowest BCUT2D eigenvalue weighted by Crippen LogP contribution is -2.55. The summed E-state index contributed by atoms with van der Waals surface area (Å²) in [5.41, 5.74) is 9.36. The van der Waals surface area contributed by atoms with Crippen LogP contribution in [0.2, 0.25) is 0 Å². The maximum atomic E-state index is 13.3. The van der Waals surface area contributed by atoms with Gasteiger partial charge in [0.15, 0.2) is 5.82 Å². The maximum Gasteiger partial charge on any atom is 0.323 e. The van der Waals surface area contributed by atoms with Crippen LogP contribution in [0.15, 0.2) is 48.7 Å². The number of fused-ring (bicyclic) bond motifs is 1. The number of nitrogens with two attached hydrogens (primary N) is 1. The van der Waals surface area contributed by atoms with Crippen molar-refractivity contribution in [3.8, 4) is 5.75 Å². The molecule has 1 aliphatic heterocycles. The predicted molar refractivity (Wildman–Crippen MR) is 200 cm³/mol. The van der Waals surface area contributed by atoms with E-state index in [0.717, 1.165) is 62.7 Å². The largest absolute Gasteiger partial charge is 0.495 e. The van der Waals surface area contributed by atoms with Gasteiger partial charge in [-0.1, -0.05) is 31.9 Å². The summed E-state index contributed by atoms with van der Waals surface area (Å²) >= 11 is 0. The third-order valence-corrected chi connectivity index (χ3v) is 10.6. The normalized spacial score (nSPS) is 18.9. The third-order valence-electron chi connectivity index (χ3n) is 10.6. The molecule has 2 saturated carbocycles. The average Bonchev–Trinajstić information content (AvgIpc) is 3.89. The standard InChI is InChI=1S/C39H51N7O6/c1-4-32-37(49)45(2)33-22-41-39(44-35(33)46(32)28-9-5-6-10-28)43-31-18-15-26(21-34(31)51-3)36(48)42-27-16-13-24(14-17-27)19-25(23-47)20-30(40)38(50)52-29-11-7-8-12-29/h13-18,21-22,25,28-30,32,47H,4-12,19-20,23,40H2,1-3H3,(H,42,48)(H,41,43,44)/t25?,30-,32+/m0/s1. The molecule has 5 N–H and O–H groups in total. The highest BCUT2D eigenvalue weighted by Crippen LogP contribution is 2.40. The summed E-state index contributed by atoms with van der Waals surface area (Å²) in [7, 11) is 3.31. The number of aliphatic hydroxyl groups is 1. The molecule has 0 bridgehead atoms. The van der Waals surface area contributed by atoms with Crippen molar-refractivity contribution in [2.75, 3.05) is 41.2 Å². The Morgan fingerprint density at radius 3 is 2.44 bits per heavy atom. The minimum Gasteiger partial charge on any atom is -0.495 e. The van der Waals surface area contributed by atoms with E-state index in [0.29, 0.717) is 53.6 Å². The minimum atomic E-state index is -0.783. The molecule has 0 saturated heterocycles. The van der Waals surface area contributed by atoms with Gasteiger partial charge in [0.05, 0.1) is 19.0 Å². The molecule has 1 unspecified atom stereocenters. The van der Waals surface area contributed by atoms with E-state index in [1.54, 1.807) is 48.5 Å². The van der Waals surface area contributed by atoms with Crippen molar-refractivity contribution in [3.05, 3.63) is 59.8 Å². The first-order chi connectivity index (χ1) is 25.2. The second-order valence-electron chi connectivity index (χ2n) is 14.2. The number of nitrogens with zero attached hydrogens (tertiary/aromatic N) is 4. The zero-order chi connectivity index (χ0) is 36.8. The first-order valence-electron chi connectivity index (χ1n) is 18.5. The monoisotopic (exact) mass is 713 g/mol. The Kier molecular flexibility index (Phi) is 11.9. The van der Waals surface area contributed by atoms with Crippen molar-refractivity contribution in [1.82, 2.24) is 9.97 Å². The van der Waals surface area contributed by atoms with Gasteiger partial charge in [-0.3, -0.25) is 14.4 Å². The number of aromatic nitrogens is 2. The zero-order valence-corrected chi connectivity index (χ0v) is 30.3. The molecule has 2 fully saturated rings. The number of ether oxygens (including phenoxy) is 2. The molecule has 3 atom stereocenters. The molecule has 0 spiro atoms. The number of carbonyl (C=O) groups is 3. The third kappa shape index (κ3) is 8.31. The van der Waals surface area contributed by atoms with Crippen LogP contribution in [0.25, 0.3) is 0 Å². The van der Waals surface area contributed by atoms with Gasteiger partial charge in [0, 0.05) is 30.9 Å². The van der Waals surface area contributed by atoms with Crippen molar-refractivity contribution in [1.29, 1.82) is 0 Å². The fourth-order valence-electron chi connectivity index (χ4n) is 7.70. The molecule has 3 aliphatic rings. The van der Waals surface area contributed by atoms with E-state index in [4.69, 9.17) is 20.2 Å². The fourth-order valence-corrected chi connectivity index (χ4v) is 7.70. The van der Waals surface area contributed by atoms with Gasteiger partial charge in [-0.15, -0.1) is 0 Å². The molecule has 0 radical (unpaired) electrons. The number of hydrogen-bond donors (Lipinski definition) is 4. The van der Waals surface area contributed by atoms with Crippen LogP contribution < -0.4 is 30.9 Å². The van der Waals surface area contributed by atoms with Crippen molar-refractivity contribution < 1.29 is 29.0 Å². The first kappa shape index (κ1) is 37.0. The summed E-state index contributed by atoms with van der Waals surface area (Å²) in [5.74, 6) is 0.687. The van der Waals surface area contributed by atoms with Gasteiger partial charge in [0.1, 0.15) is 29.6 Å². The van der Waals surface area contributed by atoms with Gasteiger partial charge in [-0.25, -0.2) is 4.98 Å². The molecule has 2 aliphatic carbocycles. The van der Waals surface area contributed by atoms with Crippen molar-refractivity contribution in [2.24, 2.45) is 11.7 Å².